The van der Waals surface area contributed by atoms with Crippen LogP contribution in [-0.2, 0) is 0 Å². The number of hydrogen-bond acceptors (Lipinski definition) is 2. The Morgan fingerprint density at radius 2 is 1.76 bits per heavy atom. The summed E-state index contributed by atoms with van der Waals surface area (Å²) in [5.41, 5.74) is 0.400. The van der Waals surface area contributed by atoms with E-state index in [1.807, 2.05) is 0 Å². The quantitative estimate of drug-likeness (QED) is 0.665. The Hall–Kier alpha value is -0.0800. The minimum atomic E-state index is 0.400. The molecule has 0 aromatic rings. The predicted octanol–water partition coefficient (Wildman–Crippen LogP) is 3.52. The van der Waals surface area contributed by atoms with Crippen LogP contribution in [-0.4, -0.2) is 37.1 Å². The lowest BCUT2D eigenvalue weighted by atomic mass is 9.84. The van der Waals surface area contributed by atoms with Gasteiger partial charge in [-0.2, -0.15) is 0 Å². The summed E-state index contributed by atoms with van der Waals surface area (Å²) in [5, 5.41) is 3.61. The summed E-state index contributed by atoms with van der Waals surface area (Å²) in [5.74, 6) is 0. The zero-order chi connectivity index (χ0) is 13.5. The lowest BCUT2D eigenvalue weighted by Crippen LogP contribution is -2.45. The van der Waals surface area contributed by atoms with E-state index in [0.717, 1.165) is 6.54 Å². The molecule has 2 nitrogen and oxygen atoms in total. The second kappa shape index (κ2) is 8.10. The van der Waals surface area contributed by atoms with Crippen LogP contribution in [0, 0.1) is 5.41 Å². The second-order valence-electron chi connectivity index (χ2n) is 6.27. The average Bonchev–Trinajstić information content (AvgIpc) is 2.25. The molecule has 0 aliphatic carbocycles. The normalized spacial score (nSPS) is 17.5. The van der Waals surface area contributed by atoms with Crippen LogP contribution in [0.2, 0.25) is 0 Å². The highest BCUT2D eigenvalue weighted by Gasteiger charge is 2.26. The van der Waals surface area contributed by atoms with Crippen molar-refractivity contribution in [3.05, 3.63) is 0 Å². The van der Waals surface area contributed by atoms with E-state index < -0.39 is 0 Å². The minimum Gasteiger partial charge on any atom is -0.314 e. The van der Waals surface area contributed by atoms with Crippen molar-refractivity contribution in [3.8, 4) is 0 Å². The van der Waals surface area contributed by atoms with Crippen molar-refractivity contribution in [2.75, 3.05) is 20.1 Å². The molecule has 0 saturated carbocycles. The Morgan fingerprint density at radius 1 is 1.18 bits per heavy atom. The first-order valence-corrected chi connectivity index (χ1v) is 7.28. The molecule has 0 rings (SSSR count). The van der Waals surface area contributed by atoms with Gasteiger partial charge < -0.3 is 10.2 Å². The Bertz CT molecular complexity index is 191. The molecule has 104 valence electrons. The van der Waals surface area contributed by atoms with Crippen LogP contribution in [0.1, 0.15) is 60.8 Å². The van der Waals surface area contributed by atoms with Crippen LogP contribution in [0.5, 0.6) is 0 Å². The Labute approximate surface area is 109 Å². The van der Waals surface area contributed by atoms with E-state index in [0.29, 0.717) is 17.5 Å². The van der Waals surface area contributed by atoms with E-state index in [-0.39, 0.29) is 0 Å². The van der Waals surface area contributed by atoms with Gasteiger partial charge in [-0.05, 0) is 32.2 Å². The molecule has 0 fully saturated rings. The third kappa shape index (κ3) is 7.05. The second-order valence-corrected chi connectivity index (χ2v) is 6.27. The number of rotatable bonds is 9. The molecule has 0 saturated heterocycles. The fraction of sp³-hybridized carbons (Fsp3) is 1.00. The molecular weight excluding hydrogens is 208 g/mol. The van der Waals surface area contributed by atoms with Crippen LogP contribution in [0.3, 0.4) is 0 Å². The Balaban J connectivity index is 4.37. The van der Waals surface area contributed by atoms with E-state index >= 15 is 0 Å². The highest BCUT2D eigenvalue weighted by atomic mass is 15.1. The molecule has 0 spiro atoms. The van der Waals surface area contributed by atoms with Gasteiger partial charge in [-0.25, -0.2) is 0 Å². The molecule has 2 heteroatoms. The summed E-state index contributed by atoms with van der Waals surface area (Å²) in [7, 11) is 2.26. The maximum atomic E-state index is 3.61. The van der Waals surface area contributed by atoms with Crippen LogP contribution in [0.4, 0.5) is 0 Å². The molecule has 1 N–H and O–H groups in total. The van der Waals surface area contributed by atoms with E-state index in [4.69, 9.17) is 0 Å². The fourth-order valence-corrected chi connectivity index (χ4v) is 2.35. The molecule has 0 amide bonds. The van der Waals surface area contributed by atoms with Gasteiger partial charge in [-0.1, -0.05) is 41.0 Å². The lowest BCUT2D eigenvalue weighted by molar-refractivity contribution is 0.137. The fourth-order valence-electron chi connectivity index (χ4n) is 2.35. The molecule has 0 aromatic heterocycles. The monoisotopic (exact) mass is 242 g/mol. The van der Waals surface area contributed by atoms with Gasteiger partial charge >= 0.3 is 0 Å². The van der Waals surface area contributed by atoms with Gasteiger partial charge in [0.1, 0.15) is 0 Å². The van der Waals surface area contributed by atoms with E-state index in [2.05, 4.69) is 58.8 Å². The van der Waals surface area contributed by atoms with Gasteiger partial charge in [0, 0.05) is 25.2 Å². The van der Waals surface area contributed by atoms with Gasteiger partial charge in [0.25, 0.3) is 0 Å². The summed E-state index contributed by atoms with van der Waals surface area (Å²) in [6.07, 6.45) is 3.80. The highest BCUT2D eigenvalue weighted by molar-refractivity contribution is 4.81. The summed E-state index contributed by atoms with van der Waals surface area (Å²) in [6, 6.07) is 1.27. The largest absolute Gasteiger partial charge is 0.314 e. The molecule has 0 aliphatic heterocycles. The van der Waals surface area contributed by atoms with E-state index in [1.54, 1.807) is 0 Å². The smallest absolute Gasteiger partial charge is 0.00614 e. The van der Waals surface area contributed by atoms with Crippen molar-refractivity contribution in [1.29, 1.82) is 0 Å². The first-order chi connectivity index (χ1) is 7.84. The van der Waals surface area contributed by atoms with Crippen LogP contribution >= 0.6 is 0 Å². The lowest BCUT2D eigenvalue weighted by Gasteiger charge is -2.37. The van der Waals surface area contributed by atoms with Gasteiger partial charge in [-0.3, -0.25) is 0 Å². The molecule has 2 unspecified atom stereocenters. The molecule has 2 atom stereocenters. The van der Waals surface area contributed by atoms with Gasteiger partial charge in [-0.15, -0.1) is 0 Å². The number of hydrogen-bond donors (Lipinski definition) is 1. The molecular formula is C15H34N2. The third-order valence-electron chi connectivity index (χ3n) is 3.77. The van der Waals surface area contributed by atoms with Gasteiger partial charge in [0.05, 0.1) is 0 Å². The minimum absolute atomic E-state index is 0.400. The Morgan fingerprint density at radius 3 is 2.18 bits per heavy atom. The highest BCUT2D eigenvalue weighted by Crippen LogP contribution is 2.24. The molecule has 0 bridgehead atoms. The maximum Gasteiger partial charge on any atom is 0.00614 e. The van der Waals surface area contributed by atoms with E-state index in [1.165, 1.54) is 25.8 Å². The maximum absolute atomic E-state index is 3.61. The van der Waals surface area contributed by atoms with Crippen molar-refractivity contribution in [1.82, 2.24) is 10.2 Å². The molecule has 17 heavy (non-hydrogen) atoms. The summed E-state index contributed by atoms with van der Waals surface area (Å²) in [6.45, 7) is 16.1. The zero-order valence-electron chi connectivity index (χ0n) is 13.1. The van der Waals surface area contributed by atoms with Crippen LogP contribution in [0.15, 0.2) is 0 Å². The number of nitrogens with zero attached hydrogens (tertiary/aromatic N) is 1. The predicted molar refractivity (Wildman–Crippen MR) is 78.5 cm³/mol. The summed E-state index contributed by atoms with van der Waals surface area (Å²) < 4.78 is 0. The Kier molecular flexibility index (Phi) is 8.06. The standard InChI is InChI=1S/C15H34N2/c1-8-10-15(6,11-16-13(3)4)12-17(7)14(5)9-2/h13-14,16H,8-12H2,1-7H3. The third-order valence-corrected chi connectivity index (χ3v) is 3.77. The van der Waals surface area contributed by atoms with Crippen LogP contribution < -0.4 is 5.32 Å². The average molecular weight is 242 g/mol. The van der Waals surface area contributed by atoms with Crippen molar-refractivity contribution in [2.24, 2.45) is 5.41 Å². The van der Waals surface area contributed by atoms with Crippen molar-refractivity contribution in [3.63, 3.8) is 0 Å². The molecule has 0 aliphatic rings. The first kappa shape index (κ1) is 16.9. The van der Waals surface area contributed by atoms with Crippen molar-refractivity contribution >= 4 is 0 Å². The van der Waals surface area contributed by atoms with Gasteiger partial charge in [0.2, 0.25) is 0 Å². The zero-order valence-corrected chi connectivity index (χ0v) is 13.1. The van der Waals surface area contributed by atoms with Crippen molar-refractivity contribution in [2.45, 2.75) is 72.9 Å². The van der Waals surface area contributed by atoms with Crippen molar-refractivity contribution < 1.29 is 0 Å². The summed E-state index contributed by atoms with van der Waals surface area (Å²) in [4.78, 5) is 2.51. The molecule has 0 radical (unpaired) electrons. The SMILES string of the molecule is CCCC(C)(CNC(C)C)CN(C)C(C)CC. The van der Waals surface area contributed by atoms with Gasteiger partial charge in [0.15, 0.2) is 0 Å². The number of nitrogens with one attached hydrogen (secondary N) is 1. The topological polar surface area (TPSA) is 15.3 Å². The van der Waals surface area contributed by atoms with E-state index in [9.17, 15) is 0 Å². The summed E-state index contributed by atoms with van der Waals surface area (Å²) >= 11 is 0. The molecule has 0 aromatic carbocycles. The first-order valence-electron chi connectivity index (χ1n) is 7.28. The van der Waals surface area contributed by atoms with Crippen LogP contribution in [0.25, 0.3) is 0 Å². The molecule has 0 heterocycles.